The van der Waals surface area contributed by atoms with Gasteiger partial charge in [0.15, 0.2) is 0 Å². The lowest BCUT2D eigenvalue weighted by Crippen LogP contribution is -2.15. The zero-order valence-electron chi connectivity index (χ0n) is 12.0. The first-order chi connectivity index (χ1) is 10.4. The number of nitrogens with zero attached hydrogens (tertiary/aromatic N) is 1. The predicted octanol–water partition coefficient (Wildman–Crippen LogP) is 2.79. The summed E-state index contributed by atoms with van der Waals surface area (Å²) in [6, 6.07) is 12.7. The van der Waals surface area contributed by atoms with E-state index in [1.807, 2.05) is 24.3 Å². The Morgan fingerprint density at radius 2 is 1.86 bits per heavy atom. The van der Waals surface area contributed by atoms with Crippen molar-refractivity contribution in [1.29, 1.82) is 0 Å². The van der Waals surface area contributed by atoms with Crippen molar-refractivity contribution in [1.82, 2.24) is 10.3 Å². The molecular weight excluding hydrogens is 264 g/mol. The van der Waals surface area contributed by atoms with Crippen LogP contribution in [0.2, 0.25) is 0 Å². The topological polar surface area (TPSA) is 43.4 Å². The molecule has 0 saturated heterocycles. The van der Waals surface area contributed by atoms with E-state index in [1.165, 1.54) is 18.4 Å². The summed E-state index contributed by atoms with van der Waals surface area (Å²) in [5.41, 5.74) is 1.26. The lowest BCUT2D eigenvalue weighted by atomic mass is 10.2. The van der Waals surface area contributed by atoms with E-state index < -0.39 is 0 Å². The molecule has 1 fully saturated rings. The minimum atomic E-state index is 0.510. The highest BCUT2D eigenvalue weighted by Gasteiger charge is 2.19. The summed E-state index contributed by atoms with van der Waals surface area (Å²) in [5.74, 6) is 1.66. The zero-order chi connectivity index (χ0) is 14.3. The zero-order valence-corrected chi connectivity index (χ0v) is 12.0. The molecule has 0 spiro atoms. The van der Waals surface area contributed by atoms with Gasteiger partial charge in [0, 0.05) is 18.8 Å². The number of hydrogen-bond donors (Lipinski definition) is 1. The summed E-state index contributed by atoms with van der Waals surface area (Å²) in [4.78, 5) is 4.00. The maximum Gasteiger partial charge on any atom is 0.137 e. The van der Waals surface area contributed by atoms with E-state index >= 15 is 0 Å². The van der Waals surface area contributed by atoms with E-state index in [1.54, 1.807) is 12.4 Å². The lowest BCUT2D eigenvalue weighted by Gasteiger charge is -2.09. The highest BCUT2D eigenvalue weighted by atomic mass is 16.5. The standard InChI is InChI=1S/C17H20N2O2/c1-3-14(12-19-15-6-7-15)11-16(4-1)20-9-10-21-17-5-2-8-18-13-17/h1-5,8,11,13,15,19H,6-7,9-10,12H2. The van der Waals surface area contributed by atoms with Gasteiger partial charge < -0.3 is 14.8 Å². The second-order valence-corrected chi connectivity index (χ2v) is 5.19. The molecule has 0 amide bonds. The first-order valence-corrected chi connectivity index (χ1v) is 7.38. The maximum absolute atomic E-state index is 5.72. The van der Waals surface area contributed by atoms with Gasteiger partial charge in [0.05, 0.1) is 6.20 Å². The van der Waals surface area contributed by atoms with Crippen LogP contribution in [-0.2, 0) is 6.54 Å². The third-order valence-electron chi connectivity index (χ3n) is 3.33. The molecule has 1 aromatic heterocycles. The molecule has 1 aromatic carbocycles. The highest BCUT2D eigenvalue weighted by Crippen LogP contribution is 2.20. The first kappa shape index (κ1) is 13.9. The number of rotatable bonds is 8. The fourth-order valence-corrected chi connectivity index (χ4v) is 2.05. The monoisotopic (exact) mass is 284 g/mol. The SMILES string of the molecule is c1cncc(OCCOc2cccc(CNC3CC3)c2)c1. The van der Waals surface area contributed by atoms with E-state index in [4.69, 9.17) is 9.47 Å². The van der Waals surface area contributed by atoms with Crippen LogP contribution in [0, 0.1) is 0 Å². The highest BCUT2D eigenvalue weighted by molar-refractivity contribution is 5.28. The Labute approximate surface area is 125 Å². The molecule has 1 heterocycles. The van der Waals surface area contributed by atoms with Gasteiger partial charge in [0.1, 0.15) is 24.7 Å². The van der Waals surface area contributed by atoms with Gasteiger partial charge in [0.2, 0.25) is 0 Å². The number of hydrogen-bond acceptors (Lipinski definition) is 4. The molecule has 0 aliphatic heterocycles. The van der Waals surface area contributed by atoms with Crippen molar-refractivity contribution < 1.29 is 9.47 Å². The summed E-state index contributed by atoms with van der Waals surface area (Å²) in [6.45, 7) is 1.94. The average molecular weight is 284 g/mol. The molecule has 0 bridgehead atoms. The van der Waals surface area contributed by atoms with Crippen molar-refractivity contribution >= 4 is 0 Å². The molecule has 1 aliphatic carbocycles. The summed E-state index contributed by atoms with van der Waals surface area (Å²) in [6.07, 6.45) is 6.04. The molecular formula is C17H20N2O2. The second kappa shape index (κ2) is 7.09. The molecule has 110 valence electrons. The molecule has 4 nitrogen and oxygen atoms in total. The van der Waals surface area contributed by atoms with Crippen LogP contribution in [0.1, 0.15) is 18.4 Å². The molecule has 2 aromatic rings. The summed E-state index contributed by atoms with van der Waals surface area (Å²) in [7, 11) is 0. The van der Waals surface area contributed by atoms with Gasteiger partial charge in [-0.2, -0.15) is 0 Å². The minimum Gasteiger partial charge on any atom is -0.490 e. The summed E-state index contributed by atoms with van der Waals surface area (Å²) < 4.78 is 11.3. The van der Waals surface area contributed by atoms with Crippen molar-refractivity contribution in [2.24, 2.45) is 0 Å². The number of pyridine rings is 1. The van der Waals surface area contributed by atoms with Crippen molar-refractivity contribution in [2.45, 2.75) is 25.4 Å². The van der Waals surface area contributed by atoms with Gasteiger partial charge in [-0.3, -0.25) is 4.98 Å². The molecule has 0 radical (unpaired) electrons. The third kappa shape index (κ3) is 4.76. The quantitative estimate of drug-likeness (QED) is 0.757. The van der Waals surface area contributed by atoms with Crippen LogP contribution in [0.15, 0.2) is 48.8 Å². The number of nitrogens with one attached hydrogen (secondary N) is 1. The third-order valence-corrected chi connectivity index (χ3v) is 3.33. The second-order valence-electron chi connectivity index (χ2n) is 5.19. The molecule has 21 heavy (non-hydrogen) atoms. The van der Waals surface area contributed by atoms with Gasteiger partial charge in [0.25, 0.3) is 0 Å². The van der Waals surface area contributed by atoms with E-state index in [0.29, 0.717) is 13.2 Å². The fraction of sp³-hybridized carbons (Fsp3) is 0.353. The van der Waals surface area contributed by atoms with Crippen molar-refractivity contribution in [3.8, 4) is 11.5 Å². The molecule has 1 saturated carbocycles. The van der Waals surface area contributed by atoms with Crippen LogP contribution < -0.4 is 14.8 Å². The minimum absolute atomic E-state index is 0.510. The number of aromatic nitrogens is 1. The van der Waals surface area contributed by atoms with Crippen LogP contribution in [0.25, 0.3) is 0 Å². The van der Waals surface area contributed by atoms with E-state index in [2.05, 4.69) is 22.4 Å². The van der Waals surface area contributed by atoms with Gasteiger partial charge >= 0.3 is 0 Å². The van der Waals surface area contributed by atoms with Gasteiger partial charge in [-0.15, -0.1) is 0 Å². The van der Waals surface area contributed by atoms with Crippen LogP contribution in [0.3, 0.4) is 0 Å². The Balaban J connectivity index is 1.41. The van der Waals surface area contributed by atoms with E-state index in [9.17, 15) is 0 Å². The normalized spacial score (nSPS) is 13.9. The van der Waals surface area contributed by atoms with Crippen molar-refractivity contribution in [3.63, 3.8) is 0 Å². The molecule has 1 aliphatic rings. The lowest BCUT2D eigenvalue weighted by molar-refractivity contribution is 0.216. The smallest absolute Gasteiger partial charge is 0.137 e. The van der Waals surface area contributed by atoms with Crippen LogP contribution in [-0.4, -0.2) is 24.2 Å². The predicted molar refractivity (Wildman–Crippen MR) is 81.5 cm³/mol. The summed E-state index contributed by atoms with van der Waals surface area (Å²) >= 11 is 0. The Morgan fingerprint density at radius 1 is 1.05 bits per heavy atom. The molecule has 3 rings (SSSR count). The Bertz CT molecular complexity index is 556. The first-order valence-electron chi connectivity index (χ1n) is 7.38. The number of benzene rings is 1. The van der Waals surface area contributed by atoms with Crippen molar-refractivity contribution in [2.75, 3.05) is 13.2 Å². The fourth-order valence-electron chi connectivity index (χ4n) is 2.05. The van der Waals surface area contributed by atoms with Gasteiger partial charge in [-0.25, -0.2) is 0 Å². The summed E-state index contributed by atoms with van der Waals surface area (Å²) in [5, 5.41) is 3.50. The Kier molecular flexibility index (Phi) is 4.69. The number of ether oxygens (including phenoxy) is 2. The van der Waals surface area contributed by atoms with Gasteiger partial charge in [-0.05, 0) is 42.7 Å². The van der Waals surface area contributed by atoms with E-state index in [0.717, 1.165) is 24.1 Å². The molecule has 0 atom stereocenters. The van der Waals surface area contributed by atoms with E-state index in [-0.39, 0.29) is 0 Å². The molecule has 1 N–H and O–H groups in total. The molecule has 0 unspecified atom stereocenters. The van der Waals surface area contributed by atoms with Crippen LogP contribution in [0.5, 0.6) is 11.5 Å². The molecule has 4 heteroatoms. The van der Waals surface area contributed by atoms with Gasteiger partial charge in [-0.1, -0.05) is 12.1 Å². The van der Waals surface area contributed by atoms with Crippen LogP contribution >= 0.6 is 0 Å². The Hall–Kier alpha value is -2.07. The Morgan fingerprint density at radius 3 is 2.62 bits per heavy atom. The van der Waals surface area contributed by atoms with Crippen LogP contribution in [0.4, 0.5) is 0 Å². The largest absolute Gasteiger partial charge is 0.490 e. The van der Waals surface area contributed by atoms with Crippen molar-refractivity contribution in [3.05, 3.63) is 54.4 Å². The average Bonchev–Trinajstić information content (AvgIpc) is 3.35. The maximum atomic E-state index is 5.72.